The number of carbonyl (C=O) groups is 2. The molecule has 0 aromatic carbocycles. The third-order valence-electron chi connectivity index (χ3n) is 3.63. The Labute approximate surface area is 101 Å². The van der Waals surface area contributed by atoms with Gasteiger partial charge in [0, 0.05) is 26.2 Å². The minimum atomic E-state index is -0.733. The minimum Gasteiger partial charge on any atom is -0.352 e. The quantitative estimate of drug-likeness (QED) is 0.602. The molecule has 1 aliphatic carbocycles. The van der Waals surface area contributed by atoms with E-state index in [1.165, 1.54) is 0 Å². The highest BCUT2D eigenvalue weighted by atomic mass is 16.2. The fraction of sp³-hybridized carbons (Fsp3) is 0.818. The second-order valence-corrected chi connectivity index (χ2v) is 4.82. The molecule has 6 heteroatoms. The van der Waals surface area contributed by atoms with E-state index in [0.717, 1.165) is 25.9 Å². The van der Waals surface area contributed by atoms with Crippen LogP contribution in [0.25, 0.3) is 0 Å². The van der Waals surface area contributed by atoms with Crippen molar-refractivity contribution in [3.8, 4) is 0 Å². The number of piperazine rings is 1. The van der Waals surface area contributed by atoms with E-state index in [1.54, 1.807) is 0 Å². The first-order valence-corrected chi connectivity index (χ1v) is 6.22. The van der Waals surface area contributed by atoms with Gasteiger partial charge in [-0.25, -0.2) is 4.79 Å². The lowest BCUT2D eigenvalue weighted by molar-refractivity contribution is -0.138. The van der Waals surface area contributed by atoms with Crippen LogP contribution in [0.4, 0.5) is 4.79 Å². The van der Waals surface area contributed by atoms with Gasteiger partial charge in [-0.15, -0.1) is 0 Å². The predicted molar refractivity (Wildman–Crippen MR) is 63.4 cm³/mol. The van der Waals surface area contributed by atoms with Crippen molar-refractivity contribution >= 4 is 11.9 Å². The normalized spacial score (nSPS) is 23.4. The summed E-state index contributed by atoms with van der Waals surface area (Å²) < 4.78 is 0. The molecule has 17 heavy (non-hydrogen) atoms. The smallest absolute Gasteiger partial charge is 0.313 e. The maximum atomic E-state index is 12.5. The molecule has 1 heterocycles. The molecule has 2 rings (SSSR count). The van der Waals surface area contributed by atoms with Crippen LogP contribution < -0.4 is 16.4 Å². The molecule has 0 aromatic heterocycles. The highest BCUT2D eigenvalue weighted by molar-refractivity contribution is 5.91. The van der Waals surface area contributed by atoms with E-state index >= 15 is 0 Å². The van der Waals surface area contributed by atoms with Crippen molar-refractivity contribution in [2.75, 3.05) is 26.2 Å². The molecule has 0 aromatic rings. The van der Waals surface area contributed by atoms with Crippen LogP contribution in [0.2, 0.25) is 0 Å². The average Bonchev–Trinajstić information content (AvgIpc) is 2.78. The molecule has 0 bridgehead atoms. The van der Waals surface area contributed by atoms with Gasteiger partial charge in [-0.2, -0.15) is 0 Å². The van der Waals surface area contributed by atoms with E-state index in [4.69, 9.17) is 5.73 Å². The SMILES string of the molecule is NC(=O)NC1(C(=O)N2CCNCC2)CCCC1. The first-order chi connectivity index (χ1) is 8.14. The zero-order chi connectivity index (χ0) is 12.3. The van der Waals surface area contributed by atoms with E-state index in [1.807, 2.05) is 4.90 Å². The highest BCUT2D eigenvalue weighted by Crippen LogP contribution is 2.31. The molecule has 1 saturated carbocycles. The third kappa shape index (κ3) is 2.52. The Morgan fingerprint density at radius 3 is 2.29 bits per heavy atom. The predicted octanol–water partition coefficient (Wildman–Crippen LogP) is -0.601. The summed E-state index contributed by atoms with van der Waals surface area (Å²) >= 11 is 0. The van der Waals surface area contributed by atoms with Crippen molar-refractivity contribution in [1.82, 2.24) is 15.5 Å². The largest absolute Gasteiger partial charge is 0.352 e. The van der Waals surface area contributed by atoms with E-state index in [-0.39, 0.29) is 5.91 Å². The van der Waals surface area contributed by atoms with Gasteiger partial charge in [-0.3, -0.25) is 4.79 Å². The number of nitrogens with zero attached hydrogens (tertiary/aromatic N) is 1. The number of carbonyl (C=O) groups excluding carboxylic acids is 2. The van der Waals surface area contributed by atoms with Gasteiger partial charge in [-0.05, 0) is 12.8 Å². The van der Waals surface area contributed by atoms with Crippen LogP contribution >= 0.6 is 0 Å². The van der Waals surface area contributed by atoms with Gasteiger partial charge in [0.25, 0.3) is 0 Å². The standard InChI is InChI=1S/C11H20N4O2/c12-10(17)14-11(3-1-2-4-11)9(16)15-7-5-13-6-8-15/h13H,1-8H2,(H3,12,14,17). The lowest BCUT2D eigenvalue weighted by Crippen LogP contribution is -2.61. The number of rotatable bonds is 2. The highest BCUT2D eigenvalue weighted by Gasteiger charge is 2.44. The summed E-state index contributed by atoms with van der Waals surface area (Å²) in [6, 6.07) is -0.601. The molecule has 0 spiro atoms. The molecule has 6 nitrogen and oxygen atoms in total. The Balaban J connectivity index is 2.09. The number of hydrogen-bond acceptors (Lipinski definition) is 3. The van der Waals surface area contributed by atoms with Gasteiger partial charge < -0.3 is 21.3 Å². The molecular formula is C11H20N4O2. The van der Waals surface area contributed by atoms with Crippen LogP contribution in [0.15, 0.2) is 0 Å². The van der Waals surface area contributed by atoms with Crippen molar-refractivity contribution in [2.45, 2.75) is 31.2 Å². The number of nitrogens with one attached hydrogen (secondary N) is 2. The number of primary amides is 1. The number of nitrogens with two attached hydrogens (primary N) is 1. The second-order valence-electron chi connectivity index (χ2n) is 4.82. The number of amides is 3. The maximum Gasteiger partial charge on any atom is 0.313 e. The van der Waals surface area contributed by atoms with Gasteiger partial charge in [0.1, 0.15) is 5.54 Å². The average molecular weight is 240 g/mol. The molecule has 2 fully saturated rings. The summed E-state index contributed by atoms with van der Waals surface area (Å²) in [5.74, 6) is 0.0373. The summed E-state index contributed by atoms with van der Waals surface area (Å²) in [5, 5.41) is 5.89. The lowest BCUT2D eigenvalue weighted by atomic mass is 9.95. The Morgan fingerprint density at radius 2 is 1.76 bits per heavy atom. The lowest BCUT2D eigenvalue weighted by Gasteiger charge is -2.36. The van der Waals surface area contributed by atoms with Gasteiger partial charge in [-0.1, -0.05) is 12.8 Å². The van der Waals surface area contributed by atoms with E-state index < -0.39 is 11.6 Å². The molecule has 0 unspecified atom stereocenters. The van der Waals surface area contributed by atoms with Crippen LogP contribution in [0.3, 0.4) is 0 Å². The summed E-state index contributed by atoms with van der Waals surface area (Å²) in [6.45, 7) is 3.05. The molecular weight excluding hydrogens is 220 g/mol. The summed E-state index contributed by atoms with van der Waals surface area (Å²) in [4.78, 5) is 25.4. The molecule has 1 saturated heterocycles. The first kappa shape index (κ1) is 12.2. The molecule has 0 radical (unpaired) electrons. The minimum absolute atomic E-state index is 0.0373. The fourth-order valence-corrected chi connectivity index (χ4v) is 2.78. The van der Waals surface area contributed by atoms with E-state index in [0.29, 0.717) is 25.9 Å². The molecule has 0 atom stereocenters. The van der Waals surface area contributed by atoms with Crippen LogP contribution in [0.1, 0.15) is 25.7 Å². The van der Waals surface area contributed by atoms with Crippen molar-refractivity contribution in [1.29, 1.82) is 0 Å². The van der Waals surface area contributed by atoms with Crippen molar-refractivity contribution in [3.05, 3.63) is 0 Å². The molecule has 2 aliphatic rings. The number of hydrogen-bond donors (Lipinski definition) is 3. The molecule has 3 amide bonds. The Hall–Kier alpha value is -1.30. The fourth-order valence-electron chi connectivity index (χ4n) is 2.78. The topological polar surface area (TPSA) is 87.5 Å². The van der Waals surface area contributed by atoms with Crippen LogP contribution in [-0.2, 0) is 4.79 Å². The van der Waals surface area contributed by atoms with Gasteiger partial charge in [0.15, 0.2) is 0 Å². The second kappa shape index (κ2) is 4.91. The van der Waals surface area contributed by atoms with Crippen molar-refractivity contribution < 1.29 is 9.59 Å². The summed E-state index contributed by atoms with van der Waals surface area (Å²) in [5.41, 5.74) is 4.46. The monoisotopic (exact) mass is 240 g/mol. The first-order valence-electron chi connectivity index (χ1n) is 6.22. The zero-order valence-corrected chi connectivity index (χ0v) is 10.00. The van der Waals surface area contributed by atoms with Crippen LogP contribution in [0.5, 0.6) is 0 Å². The summed E-state index contributed by atoms with van der Waals surface area (Å²) in [6.07, 6.45) is 3.35. The van der Waals surface area contributed by atoms with Crippen LogP contribution in [-0.4, -0.2) is 48.6 Å². The van der Waals surface area contributed by atoms with E-state index in [9.17, 15) is 9.59 Å². The van der Waals surface area contributed by atoms with Crippen LogP contribution in [0, 0.1) is 0 Å². The maximum absolute atomic E-state index is 12.5. The molecule has 1 aliphatic heterocycles. The third-order valence-corrected chi connectivity index (χ3v) is 3.63. The van der Waals surface area contributed by atoms with E-state index in [2.05, 4.69) is 10.6 Å². The van der Waals surface area contributed by atoms with Crippen molar-refractivity contribution in [3.63, 3.8) is 0 Å². The Morgan fingerprint density at radius 1 is 1.18 bits per heavy atom. The van der Waals surface area contributed by atoms with Gasteiger partial charge >= 0.3 is 6.03 Å². The number of urea groups is 1. The summed E-state index contributed by atoms with van der Waals surface area (Å²) in [7, 11) is 0. The Bertz CT molecular complexity index is 307. The van der Waals surface area contributed by atoms with Gasteiger partial charge in [0.2, 0.25) is 5.91 Å². The Kier molecular flexibility index (Phi) is 3.51. The molecule has 96 valence electrons. The zero-order valence-electron chi connectivity index (χ0n) is 10.00. The van der Waals surface area contributed by atoms with Crippen molar-refractivity contribution in [2.24, 2.45) is 5.73 Å². The van der Waals surface area contributed by atoms with Gasteiger partial charge in [0.05, 0.1) is 0 Å². The molecule has 4 N–H and O–H groups in total.